The standard InChI is InChI=1S/C61H112O9/c1-3-5-7-9-11-13-15-17-19-21-23-25-26-27-28-29-31-33-35-37-39-41-43-45-47-49-51-67-53-55(54-68-61-60(66)59(65)58(64)56(52-62)70-61)69-57(63)50-48-46-44-42-40-38-36-34-32-30-24-22-20-18-16-14-12-10-8-6-4-2/h6,8,12,14,18,20,24,30,55-56,58-62,64-66H,3-5,7,9-11,13,15-17,19,21-23,25-29,31-54H2,1-2H3/b8-6-,14-12-,20-18-,30-24-. The molecule has 0 bridgehead atoms. The van der Waals surface area contributed by atoms with Crippen molar-refractivity contribution in [3.8, 4) is 0 Å². The average molecular weight is 990 g/mol. The number of esters is 1. The Morgan fingerprint density at radius 2 is 0.871 bits per heavy atom. The van der Waals surface area contributed by atoms with Crippen LogP contribution in [0, 0.1) is 0 Å². The number of unbranched alkanes of at least 4 members (excludes halogenated alkanes) is 33. The fourth-order valence-electron chi connectivity index (χ4n) is 9.19. The summed E-state index contributed by atoms with van der Waals surface area (Å²) in [6, 6.07) is 0. The van der Waals surface area contributed by atoms with E-state index >= 15 is 0 Å². The fourth-order valence-corrected chi connectivity index (χ4v) is 9.19. The smallest absolute Gasteiger partial charge is 0.306 e. The Morgan fingerprint density at radius 3 is 1.31 bits per heavy atom. The SMILES string of the molecule is CC/C=C\C/C=C\C/C=C\C/C=C\CCCCCCCCCCC(=O)OC(COCCCCCCCCCCCCCCCCCCCCCCCCCCCC)COC1OC(CO)C(O)C(O)C1O. The molecule has 9 nitrogen and oxygen atoms in total. The molecule has 0 aromatic heterocycles. The Bertz CT molecular complexity index is 1220. The monoisotopic (exact) mass is 989 g/mol. The van der Waals surface area contributed by atoms with Gasteiger partial charge in [0.1, 0.15) is 30.5 Å². The number of rotatable bonds is 52. The van der Waals surface area contributed by atoms with E-state index in [0.29, 0.717) is 13.0 Å². The summed E-state index contributed by atoms with van der Waals surface area (Å²) in [6.45, 7) is 4.49. The molecule has 6 atom stereocenters. The summed E-state index contributed by atoms with van der Waals surface area (Å²) in [5.74, 6) is -0.318. The predicted molar refractivity (Wildman–Crippen MR) is 293 cm³/mol. The molecule has 9 heteroatoms. The molecule has 1 fully saturated rings. The van der Waals surface area contributed by atoms with E-state index in [1.165, 1.54) is 186 Å². The Kier molecular flexibility index (Phi) is 49.2. The van der Waals surface area contributed by atoms with E-state index in [0.717, 1.165) is 64.2 Å². The molecular weight excluding hydrogens is 877 g/mol. The second-order valence-electron chi connectivity index (χ2n) is 20.4. The van der Waals surface area contributed by atoms with Gasteiger partial charge in [-0.05, 0) is 51.4 Å². The minimum absolute atomic E-state index is 0.115. The molecule has 4 N–H and O–H groups in total. The van der Waals surface area contributed by atoms with Crippen molar-refractivity contribution in [1.82, 2.24) is 0 Å². The van der Waals surface area contributed by atoms with E-state index in [-0.39, 0.29) is 19.2 Å². The second-order valence-corrected chi connectivity index (χ2v) is 20.4. The minimum atomic E-state index is -1.54. The van der Waals surface area contributed by atoms with Gasteiger partial charge >= 0.3 is 5.97 Å². The Hall–Kier alpha value is -1.85. The summed E-state index contributed by atoms with van der Waals surface area (Å²) in [5.41, 5.74) is 0. The lowest BCUT2D eigenvalue weighted by atomic mass is 9.99. The Balaban J connectivity index is 2.13. The zero-order chi connectivity index (χ0) is 50.6. The average Bonchev–Trinajstić information content (AvgIpc) is 3.36. The Morgan fingerprint density at radius 1 is 0.471 bits per heavy atom. The van der Waals surface area contributed by atoms with Crippen LogP contribution in [-0.2, 0) is 23.7 Å². The molecule has 0 spiro atoms. The van der Waals surface area contributed by atoms with Crippen LogP contribution < -0.4 is 0 Å². The highest BCUT2D eigenvalue weighted by Gasteiger charge is 2.44. The summed E-state index contributed by atoms with van der Waals surface area (Å²) < 4.78 is 23.0. The summed E-state index contributed by atoms with van der Waals surface area (Å²) >= 11 is 0. The zero-order valence-electron chi connectivity index (χ0n) is 45.5. The van der Waals surface area contributed by atoms with E-state index in [1.54, 1.807) is 0 Å². The molecule has 70 heavy (non-hydrogen) atoms. The topological polar surface area (TPSA) is 135 Å². The van der Waals surface area contributed by atoms with Crippen LogP contribution in [0.25, 0.3) is 0 Å². The fraction of sp³-hybridized carbons (Fsp3) is 0.852. The van der Waals surface area contributed by atoms with E-state index in [2.05, 4.69) is 62.5 Å². The van der Waals surface area contributed by atoms with E-state index < -0.39 is 43.4 Å². The largest absolute Gasteiger partial charge is 0.457 e. The van der Waals surface area contributed by atoms with Gasteiger partial charge < -0.3 is 39.4 Å². The van der Waals surface area contributed by atoms with Gasteiger partial charge in [0.15, 0.2) is 6.29 Å². The minimum Gasteiger partial charge on any atom is -0.457 e. The molecular formula is C61H112O9. The third kappa shape index (κ3) is 41.6. The number of ether oxygens (including phenoxy) is 4. The van der Waals surface area contributed by atoms with Gasteiger partial charge in [-0.1, -0.05) is 262 Å². The van der Waals surface area contributed by atoms with E-state index in [9.17, 15) is 25.2 Å². The van der Waals surface area contributed by atoms with Crippen LogP contribution in [0.2, 0.25) is 0 Å². The molecule has 0 aromatic rings. The number of carbonyl (C=O) groups is 1. The zero-order valence-corrected chi connectivity index (χ0v) is 45.5. The van der Waals surface area contributed by atoms with Gasteiger partial charge in [0.2, 0.25) is 0 Å². The molecule has 1 aliphatic heterocycles. The first-order valence-corrected chi connectivity index (χ1v) is 29.7. The van der Waals surface area contributed by atoms with Crippen LogP contribution >= 0.6 is 0 Å². The van der Waals surface area contributed by atoms with Crippen molar-refractivity contribution in [2.75, 3.05) is 26.4 Å². The molecule has 0 aliphatic carbocycles. The molecule has 0 aromatic carbocycles. The molecule has 6 unspecified atom stereocenters. The lowest BCUT2D eigenvalue weighted by molar-refractivity contribution is -0.305. The molecule has 1 saturated heterocycles. The third-order valence-corrected chi connectivity index (χ3v) is 13.8. The van der Waals surface area contributed by atoms with Gasteiger partial charge in [-0.15, -0.1) is 0 Å². The molecule has 1 rings (SSSR count). The van der Waals surface area contributed by atoms with Gasteiger partial charge in [-0.25, -0.2) is 0 Å². The quantitative estimate of drug-likeness (QED) is 0.0267. The van der Waals surface area contributed by atoms with Crippen LogP contribution in [-0.4, -0.2) is 89.6 Å². The molecule has 1 heterocycles. The van der Waals surface area contributed by atoms with Gasteiger partial charge in [0, 0.05) is 13.0 Å². The highest BCUT2D eigenvalue weighted by Crippen LogP contribution is 2.23. The third-order valence-electron chi connectivity index (χ3n) is 13.8. The first kappa shape index (κ1) is 66.2. The van der Waals surface area contributed by atoms with Gasteiger partial charge in [-0.3, -0.25) is 4.79 Å². The van der Waals surface area contributed by atoms with Gasteiger partial charge in [0.05, 0.1) is 19.8 Å². The first-order chi connectivity index (χ1) is 34.4. The lowest BCUT2D eigenvalue weighted by Gasteiger charge is -2.39. The van der Waals surface area contributed by atoms with Crippen LogP contribution in [0.3, 0.4) is 0 Å². The number of allylic oxidation sites excluding steroid dienone is 8. The highest BCUT2D eigenvalue weighted by atomic mass is 16.7. The normalized spacial score (nSPS) is 19.2. The van der Waals surface area contributed by atoms with Crippen molar-refractivity contribution >= 4 is 5.97 Å². The maximum absolute atomic E-state index is 12.9. The number of hydrogen-bond acceptors (Lipinski definition) is 9. The lowest BCUT2D eigenvalue weighted by Crippen LogP contribution is -2.59. The second kappa shape index (κ2) is 52.0. The van der Waals surface area contributed by atoms with E-state index in [4.69, 9.17) is 18.9 Å². The number of aliphatic hydroxyl groups is 4. The van der Waals surface area contributed by atoms with Crippen LogP contribution in [0.1, 0.15) is 271 Å². The maximum atomic E-state index is 12.9. The highest BCUT2D eigenvalue weighted by molar-refractivity contribution is 5.69. The van der Waals surface area contributed by atoms with E-state index in [1.807, 2.05) is 0 Å². The van der Waals surface area contributed by atoms with Gasteiger partial charge in [0.25, 0.3) is 0 Å². The summed E-state index contributed by atoms with van der Waals surface area (Å²) in [6.07, 6.45) is 60.2. The van der Waals surface area contributed by atoms with Gasteiger partial charge in [-0.2, -0.15) is 0 Å². The number of aliphatic hydroxyl groups excluding tert-OH is 4. The predicted octanol–water partition coefficient (Wildman–Crippen LogP) is 15.6. The van der Waals surface area contributed by atoms with Crippen molar-refractivity contribution in [3.63, 3.8) is 0 Å². The number of hydrogen-bond donors (Lipinski definition) is 4. The molecule has 410 valence electrons. The van der Waals surface area contributed by atoms with Crippen molar-refractivity contribution in [3.05, 3.63) is 48.6 Å². The molecule has 0 saturated carbocycles. The first-order valence-electron chi connectivity index (χ1n) is 29.7. The Labute approximate surface area is 431 Å². The molecule has 0 amide bonds. The van der Waals surface area contributed by atoms with Crippen LogP contribution in [0.5, 0.6) is 0 Å². The van der Waals surface area contributed by atoms with Crippen molar-refractivity contribution in [2.45, 2.75) is 307 Å². The van der Waals surface area contributed by atoms with Crippen molar-refractivity contribution < 1.29 is 44.2 Å². The summed E-state index contributed by atoms with van der Waals surface area (Å²) in [4.78, 5) is 12.9. The number of carbonyl (C=O) groups excluding carboxylic acids is 1. The van der Waals surface area contributed by atoms with Crippen LogP contribution in [0.15, 0.2) is 48.6 Å². The van der Waals surface area contributed by atoms with Crippen molar-refractivity contribution in [1.29, 1.82) is 0 Å². The van der Waals surface area contributed by atoms with Crippen LogP contribution in [0.4, 0.5) is 0 Å². The molecule has 0 radical (unpaired) electrons. The summed E-state index contributed by atoms with van der Waals surface area (Å²) in [5, 5.41) is 40.4. The van der Waals surface area contributed by atoms with Crippen molar-refractivity contribution in [2.24, 2.45) is 0 Å². The maximum Gasteiger partial charge on any atom is 0.306 e. The molecule has 1 aliphatic rings. The summed E-state index contributed by atoms with van der Waals surface area (Å²) in [7, 11) is 0.